The molecular weight excluding hydrogens is 362 g/mol. The number of amides is 1. The first kappa shape index (κ1) is 18.5. The van der Waals surface area contributed by atoms with Crippen LogP contribution < -0.4 is 5.32 Å². The van der Waals surface area contributed by atoms with Crippen molar-refractivity contribution in [3.63, 3.8) is 0 Å². The Kier molecular flexibility index (Phi) is 5.48. The highest BCUT2D eigenvalue weighted by molar-refractivity contribution is 6.30. The quantitative estimate of drug-likeness (QED) is 0.825. The van der Waals surface area contributed by atoms with Crippen molar-refractivity contribution in [1.29, 1.82) is 0 Å². The van der Waals surface area contributed by atoms with E-state index in [1.54, 1.807) is 0 Å². The zero-order valence-electron chi connectivity index (χ0n) is 15.7. The number of aryl methyl sites for hydroxylation is 1. The van der Waals surface area contributed by atoms with Crippen LogP contribution >= 0.6 is 11.6 Å². The lowest BCUT2D eigenvalue weighted by molar-refractivity contribution is -0.122. The molecule has 0 spiro atoms. The summed E-state index contributed by atoms with van der Waals surface area (Å²) in [6.45, 7) is 6.99. The summed E-state index contributed by atoms with van der Waals surface area (Å²) >= 11 is 6.65. The van der Waals surface area contributed by atoms with Crippen LogP contribution in [-0.4, -0.2) is 64.3 Å². The number of nitrogens with zero attached hydrogens (tertiary/aromatic N) is 4. The van der Waals surface area contributed by atoms with E-state index in [1.807, 2.05) is 41.9 Å². The maximum Gasteiger partial charge on any atom is 0.234 e. The summed E-state index contributed by atoms with van der Waals surface area (Å²) in [5.41, 5.74) is 3.03. The van der Waals surface area contributed by atoms with Crippen LogP contribution in [0.3, 0.4) is 0 Å². The van der Waals surface area contributed by atoms with Crippen LogP contribution in [-0.2, 0) is 11.3 Å². The van der Waals surface area contributed by atoms with Crippen molar-refractivity contribution in [1.82, 2.24) is 24.9 Å². The average Bonchev–Trinajstić information content (AvgIpc) is 3.44. The van der Waals surface area contributed by atoms with Gasteiger partial charge in [-0.3, -0.25) is 14.6 Å². The third-order valence-electron chi connectivity index (χ3n) is 5.28. The van der Waals surface area contributed by atoms with Gasteiger partial charge in [0, 0.05) is 44.3 Å². The maximum absolute atomic E-state index is 12.0. The van der Waals surface area contributed by atoms with Gasteiger partial charge in [-0.25, -0.2) is 4.68 Å². The molecule has 1 aromatic carbocycles. The molecule has 1 aromatic heterocycles. The number of carbonyl (C=O) groups excluding carboxylic acids is 1. The molecule has 1 amide bonds. The molecule has 1 N–H and O–H groups in total. The van der Waals surface area contributed by atoms with Crippen LogP contribution in [0.15, 0.2) is 30.3 Å². The molecule has 1 aliphatic carbocycles. The highest BCUT2D eigenvalue weighted by atomic mass is 35.5. The van der Waals surface area contributed by atoms with Crippen LogP contribution in [0, 0.1) is 6.92 Å². The molecule has 2 heterocycles. The first-order valence-corrected chi connectivity index (χ1v) is 10.0. The molecule has 7 heteroatoms. The summed E-state index contributed by atoms with van der Waals surface area (Å²) in [6.07, 6.45) is 2.27. The SMILES string of the molecule is Cc1nn(-c2ccccc2)c(Cl)c1CN1CCN(CC(=O)NC2CC2)CC1. The number of nitrogens with one attached hydrogen (secondary N) is 1. The Morgan fingerprint density at radius 2 is 1.81 bits per heavy atom. The molecule has 1 saturated carbocycles. The van der Waals surface area contributed by atoms with Crippen LogP contribution in [0.2, 0.25) is 5.15 Å². The van der Waals surface area contributed by atoms with E-state index in [9.17, 15) is 4.79 Å². The smallest absolute Gasteiger partial charge is 0.234 e. The molecular formula is C20H26ClN5O. The normalized spacial score (nSPS) is 18.6. The van der Waals surface area contributed by atoms with Gasteiger partial charge in [-0.05, 0) is 31.9 Å². The highest BCUT2D eigenvalue weighted by Gasteiger charge is 2.26. The van der Waals surface area contributed by atoms with Crippen LogP contribution in [0.4, 0.5) is 0 Å². The van der Waals surface area contributed by atoms with Gasteiger partial charge in [0.05, 0.1) is 17.9 Å². The van der Waals surface area contributed by atoms with Gasteiger partial charge in [-0.2, -0.15) is 5.10 Å². The molecule has 2 aliphatic rings. The lowest BCUT2D eigenvalue weighted by atomic mass is 10.2. The Labute approximate surface area is 165 Å². The van der Waals surface area contributed by atoms with E-state index in [0.29, 0.717) is 17.7 Å². The average molecular weight is 388 g/mol. The molecule has 0 atom stereocenters. The number of aromatic nitrogens is 2. The number of hydrogen-bond donors (Lipinski definition) is 1. The Hall–Kier alpha value is -1.89. The molecule has 0 radical (unpaired) electrons. The van der Waals surface area contributed by atoms with Crippen molar-refractivity contribution in [2.24, 2.45) is 0 Å². The molecule has 144 valence electrons. The van der Waals surface area contributed by atoms with Gasteiger partial charge in [-0.1, -0.05) is 29.8 Å². The van der Waals surface area contributed by atoms with Crippen molar-refractivity contribution in [2.75, 3.05) is 32.7 Å². The lowest BCUT2D eigenvalue weighted by Gasteiger charge is -2.34. The summed E-state index contributed by atoms with van der Waals surface area (Å²) in [5.74, 6) is 0.161. The Morgan fingerprint density at radius 1 is 1.15 bits per heavy atom. The van der Waals surface area contributed by atoms with E-state index < -0.39 is 0 Å². The molecule has 0 unspecified atom stereocenters. The Morgan fingerprint density at radius 3 is 2.48 bits per heavy atom. The molecule has 2 fully saturated rings. The fraction of sp³-hybridized carbons (Fsp3) is 0.500. The van der Waals surface area contributed by atoms with Crippen molar-refractivity contribution in [3.8, 4) is 5.69 Å². The third-order valence-corrected chi connectivity index (χ3v) is 5.67. The molecule has 2 aromatic rings. The van der Waals surface area contributed by atoms with E-state index in [1.165, 1.54) is 0 Å². The first-order valence-electron chi connectivity index (χ1n) is 9.63. The number of carbonyl (C=O) groups is 1. The fourth-order valence-corrected chi connectivity index (χ4v) is 3.82. The number of para-hydroxylation sites is 1. The van der Waals surface area contributed by atoms with E-state index in [-0.39, 0.29) is 5.91 Å². The number of hydrogen-bond acceptors (Lipinski definition) is 4. The Bertz CT molecular complexity index is 794. The first-order chi connectivity index (χ1) is 13.1. The predicted octanol–water partition coefficient (Wildman–Crippen LogP) is 2.23. The zero-order chi connectivity index (χ0) is 18.8. The second kappa shape index (κ2) is 8.00. The largest absolute Gasteiger partial charge is 0.352 e. The van der Waals surface area contributed by atoms with Gasteiger partial charge in [0.1, 0.15) is 5.15 Å². The van der Waals surface area contributed by atoms with E-state index >= 15 is 0 Å². The number of rotatable bonds is 6. The van der Waals surface area contributed by atoms with Gasteiger partial charge in [0.15, 0.2) is 0 Å². The Balaban J connectivity index is 1.34. The van der Waals surface area contributed by atoms with Crippen molar-refractivity contribution >= 4 is 17.5 Å². The fourth-order valence-electron chi connectivity index (χ4n) is 3.48. The summed E-state index contributed by atoms with van der Waals surface area (Å²) < 4.78 is 1.81. The van der Waals surface area contributed by atoms with E-state index in [0.717, 1.165) is 62.5 Å². The lowest BCUT2D eigenvalue weighted by Crippen LogP contribution is -2.49. The highest BCUT2D eigenvalue weighted by Crippen LogP contribution is 2.25. The monoisotopic (exact) mass is 387 g/mol. The minimum atomic E-state index is 0.161. The minimum absolute atomic E-state index is 0.161. The van der Waals surface area contributed by atoms with Crippen molar-refractivity contribution < 1.29 is 4.79 Å². The topological polar surface area (TPSA) is 53.4 Å². The molecule has 27 heavy (non-hydrogen) atoms. The molecule has 1 saturated heterocycles. The summed E-state index contributed by atoms with van der Waals surface area (Å²) in [7, 11) is 0. The zero-order valence-corrected chi connectivity index (χ0v) is 16.5. The van der Waals surface area contributed by atoms with Gasteiger partial charge >= 0.3 is 0 Å². The number of halogens is 1. The summed E-state index contributed by atoms with van der Waals surface area (Å²) in [5, 5.41) is 8.38. The molecule has 4 rings (SSSR count). The van der Waals surface area contributed by atoms with Crippen LogP contribution in [0.5, 0.6) is 0 Å². The van der Waals surface area contributed by atoms with E-state index in [2.05, 4.69) is 20.2 Å². The number of benzene rings is 1. The maximum atomic E-state index is 12.0. The van der Waals surface area contributed by atoms with Crippen molar-refractivity contribution in [2.45, 2.75) is 32.4 Å². The second-order valence-corrected chi connectivity index (χ2v) is 7.85. The molecule has 1 aliphatic heterocycles. The van der Waals surface area contributed by atoms with Crippen LogP contribution in [0.1, 0.15) is 24.1 Å². The predicted molar refractivity (Wildman–Crippen MR) is 106 cm³/mol. The summed E-state index contributed by atoms with van der Waals surface area (Å²) in [4.78, 5) is 16.6. The minimum Gasteiger partial charge on any atom is -0.352 e. The van der Waals surface area contributed by atoms with Gasteiger partial charge in [0.2, 0.25) is 5.91 Å². The second-order valence-electron chi connectivity index (χ2n) is 7.50. The van der Waals surface area contributed by atoms with Gasteiger partial charge in [-0.15, -0.1) is 0 Å². The standard InChI is InChI=1S/C20H26ClN5O/c1-15-18(20(21)26(23-15)17-5-3-2-4-6-17)13-24-9-11-25(12-10-24)14-19(27)22-16-7-8-16/h2-6,16H,7-14H2,1H3,(H,22,27). The van der Waals surface area contributed by atoms with Crippen molar-refractivity contribution in [3.05, 3.63) is 46.7 Å². The van der Waals surface area contributed by atoms with Crippen LogP contribution in [0.25, 0.3) is 5.69 Å². The molecule has 6 nitrogen and oxygen atoms in total. The molecule has 0 bridgehead atoms. The van der Waals surface area contributed by atoms with E-state index in [4.69, 9.17) is 11.6 Å². The van der Waals surface area contributed by atoms with Gasteiger partial charge < -0.3 is 5.32 Å². The third kappa shape index (κ3) is 4.51. The summed E-state index contributed by atoms with van der Waals surface area (Å²) in [6, 6.07) is 10.4. The number of piperazine rings is 1. The van der Waals surface area contributed by atoms with Gasteiger partial charge in [0.25, 0.3) is 0 Å².